The summed E-state index contributed by atoms with van der Waals surface area (Å²) in [5.74, 6) is 0. The van der Waals surface area contributed by atoms with Gasteiger partial charge in [-0.1, -0.05) is 69.6 Å². The average Bonchev–Trinajstić information content (AvgIpc) is 2.09. The molecule has 0 aliphatic rings. The topological polar surface area (TPSA) is 17.1 Å². The minimum Gasteiger partial charge on any atom is -0.289 e. The van der Waals surface area contributed by atoms with Crippen molar-refractivity contribution in [3.8, 4) is 0 Å². The second kappa shape index (κ2) is 8.94. The molecule has 1 nitrogen and oxygen atoms in total. The van der Waals surface area contributed by atoms with E-state index in [1.807, 2.05) is 0 Å². The third-order valence-corrected chi connectivity index (χ3v) is 4.11. The molecule has 0 rings (SSSR count). The fourth-order valence-electron chi connectivity index (χ4n) is 1.52. The van der Waals surface area contributed by atoms with E-state index in [-0.39, 0.29) is 25.7 Å². The van der Waals surface area contributed by atoms with E-state index in [9.17, 15) is 4.79 Å². The second-order valence-electron chi connectivity index (χ2n) is 4.31. The Morgan fingerprint density at radius 2 is 1.00 bits per heavy atom. The van der Waals surface area contributed by atoms with Crippen molar-refractivity contribution in [3.63, 3.8) is 0 Å². The first kappa shape index (κ1) is 22.3. The van der Waals surface area contributed by atoms with Gasteiger partial charge in [-0.25, -0.2) is 0 Å². The summed E-state index contributed by atoms with van der Waals surface area (Å²) in [4.78, 5) is 9.63. The summed E-state index contributed by atoms with van der Waals surface area (Å²) in [6.45, 7) is 0. The molecule has 0 N–H and O–H groups in total. The van der Waals surface area contributed by atoms with E-state index in [1.165, 1.54) is 0 Å². The maximum absolute atomic E-state index is 11.1. The maximum Gasteiger partial charge on any atom is 0.221 e. The zero-order valence-corrected chi connectivity index (χ0v) is 16.6. The van der Waals surface area contributed by atoms with Crippen LogP contribution in [0.4, 0.5) is 0 Å². The van der Waals surface area contributed by atoms with E-state index >= 15 is 0 Å². The lowest BCUT2D eigenvalue weighted by atomic mass is 9.96. The van der Waals surface area contributed by atoms with Crippen LogP contribution in [0.5, 0.6) is 0 Å². The second-order valence-corrected chi connectivity index (χ2v) is 11.3. The van der Waals surface area contributed by atoms with Gasteiger partial charge < -0.3 is 0 Å². The Bertz CT molecular complexity index is 285. The van der Waals surface area contributed by atoms with Crippen molar-refractivity contribution in [2.24, 2.45) is 0 Å². The molecule has 10 heteroatoms. The van der Waals surface area contributed by atoms with Crippen molar-refractivity contribution in [2.45, 2.75) is 48.9 Å². The minimum absolute atomic E-state index is 0.0206. The van der Waals surface area contributed by atoms with Gasteiger partial charge in [0, 0.05) is 23.6 Å². The van der Waals surface area contributed by atoms with E-state index in [1.54, 1.807) is 6.29 Å². The molecule has 0 bridgehead atoms. The molecule has 119 valence electrons. The van der Waals surface area contributed by atoms with Crippen LogP contribution in [0.15, 0.2) is 0 Å². The molecule has 0 aromatic carbocycles. The number of hydrogen-bond donors (Lipinski definition) is 0. The van der Waals surface area contributed by atoms with Crippen LogP contribution in [-0.2, 0) is 4.79 Å². The minimum atomic E-state index is -1.54. The first-order valence-electron chi connectivity index (χ1n) is 5.26. The molecule has 2 atom stereocenters. The molecule has 0 aromatic rings. The molecule has 1 radical (unpaired) electrons. The highest BCUT2D eigenvalue weighted by Crippen LogP contribution is 2.40. The summed E-state index contributed by atoms with van der Waals surface area (Å²) in [7, 11) is 0. The number of hydrogen-bond acceptors (Lipinski definition) is 1. The van der Waals surface area contributed by atoms with Crippen molar-refractivity contribution in [3.05, 3.63) is 0 Å². The van der Waals surface area contributed by atoms with Crippen molar-refractivity contribution in [1.29, 1.82) is 0 Å². The normalized spacial score (nSPS) is 19.2. The predicted octanol–water partition coefficient (Wildman–Crippen LogP) is 6.59. The molecule has 20 heavy (non-hydrogen) atoms. The first-order valence-corrected chi connectivity index (χ1v) is 8.78. The van der Waals surface area contributed by atoms with E-state index in [0.717, 1.165) is 0 Å². The molecule has 0 aromatic heterocycles. The summed E-state index contributed by atoms with van der Waals surface area (Å²) in [6.07, 6.45) is 1.79. The number of carbonyl (C=O) groups excluding carboxylic acids is 1. The molecule has 0 aliphatic carbocycles. The quantitative estimate of drug-likeness (QED) is 0.388. The molecular weight excluding hydrogens is 455 g/mol. The molecule has 0 aliphatic heterocycles. The van der Waals surface area contributed by atoms with Crippen LogP contribution >= 0.6 is 104 Å². The van der Waals surface area contributed by atoms with Gasteiger partial charge in [0.05, 0.1) is 0 Å². The standard InChI is InChI=1S/C10H10Cl9O/c11-6(3-9(14,15)16)1-8(13,5-20)2-7(12)4-10(17,18)19/h6-7H,1-4H2. The van der Waals surface area contributed by atoms with Crippen LogP contribution in [0, 0.1) is 0 Å². The maximum atomic E-state index is 11.1. The van der Waals surface area contributed by atoms with Gasteiger partial charge in [0.1, 0.15) is 4.87 Å². The highest BCUT2D eigenvalue weighted by molar-refractivity contribution is 6.68. The molecule has 2 unspecified atom stereocenters. The molecule has 0 heterocycles. The fraction of sp³-hybridized carbons (Fsp3) is 0.900. The Hall–Kier alpha value is 2.28. The van der Waals surface area contributed by atoms with E-state index < -0.39 is 23.2 Å². The Balaban J connectivity index is 4.57. The molecule has 0 saturated heterocycles. The van der Waals surface area contributed by atoms with Crippen LogP contribution in [-0.4, -0.2) is 29.5 Å². The third-order valence-electron chi connectivity index (χ3n) is 2.18. The van der Waals surface area contributed by atoms with Crippen molar-refractivity contribution in [2.75, 3.05) is 0 Å². The summed E-state index contributed by atoms with van der Waals surface area (Å²) in [6, 6.07) is 0. The van der Waals surface area contributed by atoms with Crippen LogP contribution in [0.1, 0.15) is 25.7 Å². The number of alkyl halides is 9. The Labute approximate surface area is 163 Å². The summed E-state index contributed by atoms with van der Waals surface area (Å²) in [5, 5.41) is -1.28. The van der Waals surface area contributed by atoms with Gasteiger partial charge >= 0.3 is 0 Å². The Morgan fingerprint density at radius 3 is 1.20 bits per heavy atom. The lowest BCUT2D eigenvalue weighted by Gasteiger charge is -2.27. The third kappa shape index (κ3) is 11.8. The monoisotopic (exact) mass is 461 g/mol. The predicted molar refractivity (Wildman–Crippen MR) is 92.6 cm³/mol. The molecule has 0 fully saturated rings. The van der Waals surface area contributed by atoms with Gasteiger partial charge in [0.15, 0.2) is 7.59 Å². The first-order chi connectivity index (χ1) is 8.76. The number of halogens is 9. The largest absolute Gasteiger partial charge is 0.289 e. The highest BCUT2D eigenvalue weighted by atomic mass is 35.6. The SMILES string of the molecule is O=[C]C(Cl)(CC(Cl)CC(Cl)(Cl)Cl)CC(Cl)CC(Cl)(Cl)Cl. The van der Waals surface area contributed by atoms with Crippen LogP contribution < -0.4 is 0 Å². The van der Waals surface area contributed by atoms with Crippen molar-refractivity contribution < 1.29 is 4.79 Å². The molecule has 0 saturated carbocycles. The van der Waals surface area contributed by atoms with E-state index in [2.05, 4.69) is 0 Å². The molecule has 0 spiro atoms. The number of rotatable bonds is 7. The van der Waals surface area contributed by atoms with Gasteiger partial charge in [-0.15, -0.1) is 34.8 Å². The van der Waals surface area contributed by atoms with Gasteiger partial charge in [-0.3, -0.25) is 4.79 Å². The zero-order valence-electron chi connectivity index (χ0n) is 9.79. The summed E-state index contributed by atoms with van der Waals surface area (Å²) in [5.41, 5.74) is 0. The lowest BCUT2D eigenvalue weighted by Crippen LogP contribution is -2.33. The van der Waals surface area contributed by atoms with E-state index in [0.29, 0.717) is 0 Å². The van der Waals surface area contributed by atoms with Crippen molar-refractivity contribution >= 4 is 111 Å². The zero-order chi connectivity index (χ0) is 16.2. The molecular formula is C10H10Cl9O. The average molecular weight is 465 g/mol. The van der Waals surface area contributed by atoms with Gasteiger partial charge in [0.25, 0.3) is 0 Å². The van der Waals surface area contributed by atoms with Gasteiger partial charge in [-0.2, -0.15) is 0 Å². The lowest BCUT2D eigenvalue weighted by molar-refractivity contribution is 0.487. The highest BCUT2D eigenvalue weighted by Gasteiger charge is 2.37. The van der Waals surface area contributed by atoms with Crippen molar-refractivity contribution in [1.82, 2.24) is 0 Å². The van der Waals surface area contributed by atoms with Crippen LogP contribution in [0.2, 0.25) is 0 Å². The van der Waals surface area contributed by atoms with E-state index in [4.69, 9.17) is 104 Å². The van der Waals surface area contributed by atoms with Gasteiger partial charge in [-0.05, 0) is 12.8 Å². The Morgan fingerprint density at radius 1 is 0.700 bits per heavy atom. The van der Waals surface area contributed by atoms with Crippen LogP contribution in [0.3, 0.4) is 0 Å². The Kier molecular flexibility index (Phi) is 9.96. The van der Waals surface area contributed by atoms with Crippen LogP contribution in [0.25, 0.3) is 0 Å². The summed E-state index contributed by atoms with van der Waals surface area (Å²) >= 11 is 51.9. The fourth-order valence-corrected chi connectivity index (χ4v) is 4.63. The van der Waals surface area contributed by atoms with Gasteiger partial charge in [0.2, 0.25) is 6.29 Å². The summed E-state index contributed by atoms with van der Waals surface area (Å²) < 4.78 is -3.07. The smallest absolute Gasteiger partial charge is 0.221 e. The molecule has 0 amide bonds.